The van der Waals surface area contributed by atoms with Crippen LogP contribution in [0, 0.1) is 5.92 Å². The SMILES string of the molecule is CCN(CC)C(=O)CC[C@H]1CC[C@]2(CCCN(C(=O)C3CCCC3)C2)O1. The number of rotatable bonds is 6. The van der Waals surface area contributed by atoms with Crippen LogP contribution in [0.5, 0.6) is 0 Å². The smallest absolute Gasteiger partial charge is 0.225 e. The minimum absolute atomic E-state index is 0.143. The fourth-order valence-electron chi connectivity index (χ4n) is 5.13. The molecule has 5 heteroatoms. The molecule has 0 aromatic carbocycles. The second-order valence-corrected chi connectivity index (χ2v) is 8.41. The molecule has 0 aromatic heterocycles. The first-order valence-electron chi connectivity index (χ1n) is 10.8. The van der Waals surface area contributed by atoms with Gasteiger partial charge >= 0.3 is 0 Å². The van der Waals surface area contributed by atoms with Crippen molar-refractivity contribution in [2.75, 3.05) is 26.2 Å². The first kappa shape index (κ1) is 19.7. The summed E-state index contributed by atoms with van der Waals surface area (Å²) in [4.78, 5) is 29.0. The van der Waals surface area contributed by atoms with Crippen LogP contribution in [-0.2, 0) is 14.3 Å². The maximum atomic E-state index is 12.8. The normalized spacial score (nSPS) is 29.5. The summed E-state index contributed by atoms with van der Waals surface area (Å²) in [7, 11) is 0. The maximum Gasteiger partial charge on any atom is 0.225 e. The van der Waals surface area contributed by atoms with Crippen molar-refractivity contribution < 1.29 is 14.3 Å². The van der Waals surface area contributed by atoms with Crippen molar-refractivity contribution in [1.82, 2.24) is 9.80 Å². The van der Waals surface area contributed by atoms with Crippen molar-refractivity contribution in [3.8, 4) is 0 Å². The molecule has 3 rings (SSSR count). The Morgan fingerprint density at radius 3 is 2.50 bits per heavy atom. The molecule has 2 aliphatic heterocycles. The van der Waals surface area contributed by atoms with Gasteiger partial charge < -0.3 is 14.5 Å². The lowest BCUT2D eigenvalue weighted by Crippen LogP contribution is -2.51. The number of ether oxygens (including phenoxy) is 1. The van der Waals surface area contributed by atoms with E-state index >= 15 is 0 Å². The molecule has 0 radical (unpaired) electrons. The Bertz CT molecular complexity index is 499. The lowest BCUT2D eigenvalue weighted by Gasteiger charge is -2.41. The molecule has 2 saturated heterocycles. The number of nitrogens with zero attached hydrogens (tertiary/aromatic N) is 2. The number of piperidine rings is 1. The highest BCUT2D eigenvalue weighted by Gasteiger charge is 2.45. The molecule has 0 bridgehead atoms. The van der Waals surface area contributed by atoms with Gasteiger partial charge in [0.15, 0.2) is 0 Å². The van der Waals surface area contributed by atoms with Gasteiger partial charge in [0.05, 0.1) is 11.7 Å². The molecular weight excluding hydrogens is 328 g/mol. The highest BCUT2D eigenvalue weighted by molar-refractivity contribution is 5.79. The average Bonchev–Trinajstić information content (AvgIpc) is 3.31. The van der Waals surface area contributed by atoms with Crippen LogP contribution in [0.15, 0.2) is 0 Å². The van der Waals surface area contributed by atoms with Crippen LogP contribution in [0.3, 0.4) is 0 Å². The zero-order chi connectivity index (χ0) is 18.6. The predicted molar refractivity (Wildman–Crippen MR) is 102 cm³/mol. The Kier molecular flexibility index (Phi) is 6.60. The molecule has 2 atom stereocenters. The Hall–Kier alpha value is -1.10. The standard InChI is InChI=1S/C21H36N2O3/c1-3-22(4-2)19(24)11-10-18-12-14-21(26-18)13-7-15-23(16-21)20(25)17-8-5-6-9-17/h17-18H,3-16H2,1-2H3/t18-,21-/m0/s1. The maximum absolute atomic E-state index is 12.8. The minimum Gasteiger partial charge on any atom is -0.370 e. The number of hydrogen-bond donors (Lipinski definition) is 0. The van der Waals surface area contributed by atoms with Crippen molar-refractivity contribution in [2.24, 2.45) is 5.92 Å². The Balaban J connectivity index is 1.50. The lowest BCUT2D eigenvalue weighted by molar-refractivity contribution is -0.146. The van der Waals surface area contributed by atoms with Gasteiger partial charge in [0.2, 0.25) is 11.8 Å². The van der Waals surface area contributed by atoms with Gasteiger partial charge in [0.1, 0.15) is 0 Å². The number of carbonyl (C=O) groups excluding carboxylic acids is 2. The third-order valence-electron chi connectivity index (χ3n) is 6.69. The Labute approximate surface area is 158 Å². The predicted octanol–water partition coefficient (Wildman–Crippen LogP) is 3.37. The molecule has 1 saturated carbocycles. The van der Waals surface area contributed by atoms with Gasteiger partial charge in [-0.3, -0.25) is 9.59 Å². The second kappa shape index (κ2) is 8.73. The van der Waals surface area contributed by atoms with Crippen molar-refractivity contribution >= 4 is 11.8 Å². The molecule has 5 nitrogen and oxygen atoms in total. The molecule has 148 valence electrons. The first-order chi connectivity index (χ1) is 12.6. The molecule has 1 aliphatic carbocycles. The summed E-state index contributed by atoms with van der Waals surface area (Å²) in [5.41, 5.74) is -0.143. The molecule has 0 N–H and O–H groups in total. The molecule has 1 spiro atoms. The Morgan fingerprint density at radius 1 is 1.08 bits per heavy atom. The van der Waals surface area contributed by atoms with E-state index in [1.807, 2.05) is 18.7 Å². The molecule has 0 unspecified atom stereocenters. The monoisotopic (exact) mass is 364 g/mol. The summed E-state index contributed by atoms with van der Waals surface area (Å²) >= 11 is 0. The lowest BCUT2D eigenvalue weighted by atomic mass is 9.89. The van der Waals surface area contributed by atoms with Gasteiger partial charge in [0.25, 0.3) is 0 Å². The highest BCUT2D eigenvalue weighted by Crippen LogP contribution is 2.40. The van der Waals surface area contributed by atoms with E-state index in [4.69, 9.17) is 4.74 Å². The molecule has 3 fully saturated rings. The summed E-state index contributed by atoms with van der Waals surface area (Å²) in [6.45, 7) is 7.28. The number of likely N-dealkylation sites (tertiary alicyclic amines) is 1. The highest BCUT2D eigenvalue weighted by atomic mass is 16.5. The summed E-state index contributed by atoms with van der Waals surface area (Å²) in [5, 5.41) is 0. The van der Waals surface area contributed by atoms with Crippen LogP contribution < -0.4 is 0 Å². The summed E-state index contributed by atoms with van der Waals surface area (Å²) in [6.07, 6.45) is 10.3. The zero-order valence-corrected chi connectivity index (χ0v) is 16.7. The van der Waals surface area contributed by atoms with Crippen LogP contribution in [-0.4, -0.2) is 59.5 Å². The quantitative estimate of drug-likeness (QED) is 0.726. The molecule has 3 aliphatic rings. The average molecular weight is 365 g/mol. The minimum atomic E-state index is -0.143. The van der Waals surface area contributed by atoms with Crippen LogP contribution >= 0.6 is 0 Å². The first-order valence-corrected chi connectivity index (χ1v) is 10.8. The topological polar surface area (TPSA) is 49.9 Å². The van der Waals surface area contributed by atoms with Crippen molar-refractivity contribution in [2.45, 2.75) is 89.8 Å². The number of carbonyl (C=O) groups is 2. The summed E-state index contributed by atoms with van der Waals surface area (Å²) in [5.74, 6) is 0.862. The molecule has 2 heterocycles. The van der Waals surface area contributed by atoms with E-state index in [1.165, 1.54) is 12.8 Å². The third-order valence-corrected chi connectivity index (χ3v) is 6.69. The van der Waals surface area contributed by atoms with Crippen LogP contribution in [0.2, 0.25) is 0 Å². The Morgan fingerprint density at radius 2 is 1.81 bits per heavy atom. The summed E-state index contributed by atoms with van der Waals surface area (Å²) in [6, 6.07) is 0. The van der Waals surface area contributed by atoms with Crippen LogP contribution in [0.25, 0.3) is 0 Å². The van der Waals surface area contributed by atoms with E-state index in [9.17, 15) is 9.59 Å². The fourth-order valence-corrected chi connectivity index (χ4v) is 5.13. The van der Waals surface area contributed by atoms with Gasteiger partial charge in [-0.05, 0) is 58.8 Å². The third kappa shape index (κ3) is 4.41. The van der Waals surface area contributed by atoms with E-state index in [-0.39, 0.29) is 23.5 Å². The molecular formula is C21H36N2O3. The van der Waals surface area contributed by atoms with E-state index in [0.717, 1.165) is 71.1 Å². The fraction of sp³-hybridized carbons (Fsp3) is 0.905. The van der Waals surface area contributed by atoms with Gasteiger partial charge in [-0.25, -0.2) is 0 Å². The molecule has 26 heavy (non-hydrogen) atoms. The molecule has 0 aromatic rings. The van der Waals surface area contributed by atoms with Gasteiger partial charge in [-0.15, -0.1) is 0 Å². The van der Waals surface area contributed by atoms with Crippen molar-refractivity contribution in [3.05, 3.63) is 0 Å². The van der Waals surface area contributed by atoms with Gasteiger partial charge in [0, 0.05) is 38.5 Å². The van der Waals surface area contributed by atoms with Crippen molar-refractivity contribution in [1.29, 1.82) is 0 Å². The van der Waals surface area contributed by atoms with Gasteiger partial charge in [-0.1, -0.05) is 12.8 Å². The van der Waals surface area contributed by atoms with Crippen molar-refractivity contribution in [3.63, 3.8) is 0 Å². The van der Waals surface area contributed by atoms with Gasteiger partial charge in [-0.2, -0.15) is 0 Å². The van der Waals surface area contributed by atoms with E-state index < -0.39 is 0 Å². The summed E-state index contributed by atoms with van der Waals surface area (Å²) < 4.78 is 6.47. The van der Waals surface area contributed by atoms with E-state index in [0.29, 0.717) is 12.3 Å². The zero-order valence-electron chi connectivity index (χ0n) is 16.7. The van der Waals surface area contributed by atoms with E-state index in [2.05, 4.69) is 4.90 Å². The number of amides is 2. The largest absolute Gasteiger partial charge is 0.370 e. The molecule has 2 amide bonds. The van der Waals surface area contributed by atoms with E-state index in [1.54, 1.807) is 0 Å². The van der Waals surface area contributed by atoms with Crippen LogP contribution in [0.4, 0.5) is 0 Å². The second-order valence-electron chi connectivity index (χ2n) is 8.41. The number of hydrogen-bond acceptors (Lipinski definition) is 3. The van der Waals surface area contributed by atoms with Crippen LogP contribution in [0.1, 0.15) is 78.1 Å².